The van der Waals surface area contributed by atoms with Crippen LogP contribution < -0.4 is 0 Å². The minimum atomic E-state index is -0.265. The van der Waals surface area contributed by atoms with E-state index in [1.54, 1.807) is 18.2 Å². The van der Waals surface area contributed by atoms with Crippen LogP contribution in [0.25, 0.3) is 17.0 Å². The lowest BCUT2D eigenvalue weighted by molar-refractivity contribution is -0.122. The number of benzene rings is 2. The normalized spacial score (nSPS) is 15.8. The molecule has 0 saturated carbocycles. The summed E-state index contributed by atoms with van der Waals surface area (Å²) in [5, 5.41) is 0.753. The van der Waals surface area contributed by atoms with E-state index < -0.39 is 0 Å². The van der Waals surface area contributed by atoms with Gasteiger partial charge in [0.2, 0.25) is 0 Å². The van der Waals surface area contributed by atoms with Crippen molar-refractivity contribution in [3.05, 3.63) is 75.0 Å². The largest absolute Gasteiger partial charge is 0.342 e. The van der Waals surface area contributed by atoms with E-state index >= 15 is 0 Å². The first kappa shape index (κ1) is 19.9. The minimum Gasteiger partial charge on any atom is -0.342 e. The summed E-state index contributed by atoms with van der Waals surface area (Å²) in [5.74, 6) is -0.505. The third-order valence-electron chi connectivity index (χ3n) is 4.75. The topological polar surface area (TPSA) is 42.3 Å². The van der Waals surface area contributed by atoms with Gasteiger partial charge in [-0.05, 0) is 60.2 Å². The second-order valence-electron chi connectivity index (χ2n) is 6.83. The highest BCUT2D eigenvalue weighted by molar-refractivity contribution is 9.10. The molecule has 1 aromatic heterocycles. The number of hydrogen-bond acceptors (Lipinski definition) is 3. The van der Waals surface area contributed by atoms with E-state index in [-0.39, 0.29) is 17.0 Å². The summed E-state index contributed by atoms with van der Waals surface area (Å²) in [5.41, 5.74) is 2.84. The number of aromatic nitrogens is 1. The van der Waals surface area contributed by atoms with Gasteiger partial charge in [-0.25, -0.2) is 4.39 Å². The van der Waals surface area contributed by atoms with Crippen LogP contribution in [-0.4, -0.2) is 27.2 Å². The molecule has 1 saturated heterocycles. The molecule has 1 aliphatic heterocycles. The maximum absolute atomic E-state index is 13.2. The molecule has 0 aliphatic carbocycles. The Morgan fingerprint density at radius 3 is 2.62 bits per heavy atom. The molecule has 1 fully saturated rings. The molecule has 1 aliphatic rings. The number of carbonyl (C=O) groups is 2. The maximum atomic E-state index is 13.2. The van der Waals surface area contributed by atoms with Crippen LogP contribution in [-0.2, 0) is 11.3 Å². The molecule has 0 atom stereocenters. The summed E-state index contributed by atoms with van der Waals surface area (Å²) in [7, 11) is 0. The lowest BCUT2D eigenvalue weighted by Gasteiger charge is -2.09. The number of rotatable bonds is 5. The summed E-state index contributed by atoms with van der Waals surface area (Å²) in [4.78, 5) is 26.5. The van der Waals surface area contributed by atoms with Gasteiger partial charge >= 0.3 is 0 Å². The zero-order valence-electron chi connectivity index (χ0n) is 15.7. The summed E-state index contributed by atoms with van der Waals surface area (Å²) >= 11 is 4.49. The van der Waals surface area contributed by atoms with Crippen molar-refractivity contribution < 1.29 is 14.0 Å². The van der Waals surface area contributed by atoms with Crippen molar-refractivity contribution in [1.82, 2.24) is 9.47 Å². The Hall–Kier alpha value is -2.38. The molecule has 0 unspecified atom stereocenters. The van der Waals surface area contributed by atoms with E-state index in [4.69, 9.17) is 0 Å². The highest BCUT2D eigenvalue weighted by atomic mass is 79.9. The quantitative estimate of drug-likeness (QED) is 0.425. The van der Waals surface area contributed by atoms with Gasteiger partial charge in [0.05, 0.1) is 4.91 Å². The van der Waals surface area contributed by atoms with E-state index in [0.717, 1.165) is 44.7 Å². The van der Waals surface area contributed by atoms with Gasteiger partial charge in [-0.15, -0.1) is 0 Å². The molecule has 0 radical (unpaired) electrons. The first-order valence-corrected chi connectivity index (χ1v) is 10.9. The van der Waals surface area contributed by atoms with Crippen LogP contribution in [0.3, 0.4) is 0 Å². The van der Waals surface area contributed by atoms with E-state index in [1.165, 1.54) is 17.0 Å². The van der Waals surface area contributed by atoms with Gasteiger partial charge in [0.1, 0.15) is 5.82 Å². The number of amides is 2. The smallest absolute Gasteiger partial charge is 0.293 e. The monoisotopic (exact) mass is 472 g/mol. The molecule has 4 rings (SSSR count). The fourth-order valence-corrected chi connectivity index (χ4v) is 4.60. The summed E-state index contributed by atoms with van der Waals surface area (Å²) in [6.07, 6.45) is 4.49. The predicted octanol–water partition coefficient (Wildman–Crippen LogP) is 6.04. The number of thioether (sulfide) groups is 1. The molecule has 0 N–H and O–H groups in total. The van der Waals surface area contributed by atoms with E-state index in [1.807, 2.05) is 31.3 Å². The van der Waals surface area contributed by atoms with E-state index in [2.05, 4.69) is 20.5 Å². The van der Waals surface area contributed by atoms with Crippen LogP contribution in [0, 0.1) is 5.82 Å². The van der Waals surface area contributed by atoms with Gasteiger partial charge in [0.15, 0.2) is 0 Å². The lowest BCUT2D eigenvalue weighted by atomic mass is 10.1. The standard InChI is InChI=1S/C22H18BrFN2O2S/c1-2-9-26-21(27)20(29-22(26)28)10-15-13-25(12-14-3-6-17(24)7-4-14)19-8-5-16(23)11-18(15)19/h3-8,10-11,13H,2,9,12H2,1H3/b20-10-. The SMILES string of the molecule is CCCN1C(=O)S/C(=C\c2cn(Cc3ccc(F)cc3)c3ccc(Br)cc23)C1=O. The van der Waals surface area contributed by atoms with Gasteiger partial charge in [0.25, 0.3) is 11.1 Å². The van der Waals surface area contributed by atoms with Crippen molar-refractivity contribution in [2.75, 3.05) is 6.54 Å². The van der Waals surface area contributed by atoms with Crippen molar-refractivity contribution in [2.24, 2.45) is 0 Å². The Kier molecular flexibility index (Phi) is 5.61. The van der Waals surface area contributed by atoms with Crippen molar-refractivity contribution >= 4 is 55.8 Å². The van der Waals surface area contributed by atoms with Crippen molar-refractivity contribution in [2.45, 2.75) is 19.9 Å². The molecule has 7 heteroatoms. The van der Waals surface area contributed by atoms with Crippen LogP contribution in [0.15, 0.2) is 58.0 Å². The summed E-state index contributed by atoms with van der Waals surface area (Å²) < 4.78 is 16.2. The number of carbonyl (C=O) groups excluding carboxylic acids is 2. The zero-order valence-corrected chi connectivity index (χ0v) is 18.1. The third-order valence-corrected chi connectivity index (χ3v) is 6.15. The highest BCUT2D eigenvalue weighted by Crippen LogP contribution is 2.35. The number of imide groups is 1. The molecule has 0 spiro atoms. The first-order valence-electron chi connectivity index (χ1n) is 9.24. The minimum absolute atomic E-state index is 0.223. The van der Waals surface area contributed by atoms with Crippen LogP contribution in [0.4, 0.5) is 9.18 Å². The number of fused-ring (bicyclic) bond motifs is 1. The lowest BCUT2D eigenvalue weighted by Crippen LogP contribution is -2.28. The van der Waals surface area contributed by atoms with Crippen LogP contribution in [0.2, 0.25) is 0 Å². The second-order valence-corrected chi connectivity index (χ2v) is 8.74. The summed E-state index contributed by atoms with van der Waals surface area (Å²) in [6.45, 7) is 2.94. The molecular weight excluding hydrogens is 455 g/mol. The molecule has 2 heterocycles. The zero-order chi connectivity index (χ0) is 20.5. The molecule has 0 bridgehead atoms. The number of nitrogens with zero attached hydrogens (tertiary/aromatic N) is 2. The Balaban J connectivity index is 1.75. The van der Waals surface area contributed by atoms with Crippen LogP contribution in [0.5, 0.6) is 0 Å². The van der Waals surface area contributed by atoms with Gasteiger partial charge in [-0.1, -0.05) is 35.0 Å². The Morgan fingerprint density at radius 1 is 1.14 bits per heavy atom. The third kappa shape index (κ3) is 4.02. The Morgan fingerprint density at radius 2 is 1.90 bits per heavy atom. The Bertz CT molecular complexity index is 1140. The van der Waals surface area contributed by atoms with Crippen molar-refractivity contribution in [1.29, 1.82) is 0 Å². The van der Waals surface area contributed by atoms with Gasteiger partial charge in [-0.3, -0.25) is 14.5 Å². The molecule has 3 aromatic rings. The Labute approximate surface area is 180 Å². The van der Waals surface area contributed by atoms with Gasteiger partial charge < -0.3 is 4.57 Å². The predicted molar refractivity (Wildman–Crippen MR) is 118 cm³/mol. The average molecular weight is 473 g/mol. The van der Waals surface area contributed by atoms with Crippen molar-refractivity contribution in [3.8, 4) is 0 Å². The highest BCUT2D eigenvalue weighted by Gasteiger charge is 2.34. The number of hydrogen-bond donors (Lipinski definition) is 0. The molecular formula is C22H18BrFN2O2S. The van der Waals surface area contributed by atoms with Crippen LogP contribution in [0.1, 0.15) is 24.5 Å². The van der Waals surface area contributed by atoms with Crippen LogP contribution >= 0.6 is 27.7 Å². The average Bonchev–Trinajstić information content (AvgIpc) is 3.16. The van der Waals surface area contributed by atoms with Gasteiger partial charge in [-0.2, -0.15) is 0 Å². The maximum Gasteiger partial charge on any atom is 0.293 e. The fourth-order valence-electron chi connectivity index (χ4n) is 3.39. The van der Waals surface area contributed by atoms with E-state index in [9.17, 15) is 14.0 Å². The molecule has 148 valence electrons. The first-order chi connectivity index (χ1) is 14.0. The summed E-state index contributed by atoms with van der Waals surface area (Å²) in [6, 6.07) is 12.4. The molecule has 4 nitrogen and oxygen atoms in total. The van der Waals surface area contributed by atoms with E-state index in [0.29, 0.717) is 18.0 Å². The van der Waals surface area contributed by atoms with Gasteiger partial charge in [0, 0.05) is 40.2 Å². The fraction of sp³-hybridized carbons (Fsp3) is 0.182. The molecule has 29 heavy (non-hydrogen) atoms. The molecule has 2 amide bonds. The van der Waals surface area contributed by atoms with Crippen molar-refractivity contribution in [3.63, 3.8) is 0 Å². The second kappa shape index (κ2) is 8.16. The molecule has 2 aromatic carbocycles. The number of halogens is 2.